The second kappa shape index (κ2) is 11.5. The van der Waals surface area contributed by atoms with Crippen molar-refractivity contribution < 1.29 is 24.1 Å². The van der Waals surface area contributed by atoms with Crippen molar-refractivity contribution in [2.45, 2.75) is 56.8 Å². The van der Waals surface area contributed by atoms with Gasteiger partial charge in [0.05, 0.1) is 12.1 Å². The molecule has 5 atom stereocenters. The number of nitrogens with zero attached hydrogens (tertiary/aromatic N) is 2. The number of amides is 1. The molecule has 8 heteroatoms. The lowest BCUT2D eigenvalue weighted by molar-refractivity contribution is -0.173. The second-order valence-electron chi connectivity index (χ2n) is 8.39. The van der Waals surface area contributed by atoms with E-state index < -0.39 is 25.1 Å². The monoisotopic (exact) mass is 445 g/mol. The van der Waals surface area contributed by atoms with Crippen LogP contribution in [0.5, 0.6) is 0 Å². The Morgan fingerprint density at radius 3 is 2.66 bits per heavy atom. The lowest BCUT2D eigenvalue weighted by Gasteiger charge is -2.36. The molecule has 0 spiro atoms. The smallest absolute Gasteiger partial charge is 0.221 e. The van der Waals surface area contributed by atoms with E-state index >= 15 is 0 Å². The zero-order valence-corrected chi connectivity index (χ0v) is 18.5. The molecule has 1 aliphatic rings. The van der Waals surface area contributed by atoms with Gasteiger partial charge in [0.15, 0.2) is 6.29 Å². The molecule has 0 saturated carbocycles. The van der Waals surface area contributed by atoms with Crippen LogP contribution in [0.15, 0.2) is 48.8 Å². The third-order valence-electron chi connectivity index (χ3n) is 5.92. The predicted octanol–water partition coefficient (Wildman–Crippen LogP) is 2.44. The van der Waals surface area contributed by atoms with Crippen LogP contribution in [0.2, 0.25) is 0 Å². The maximum Gasteiger partial charge on any atom is 0.221 e. The Kier molecular flexibility index (Phi) is 8.69. The minimum atomic E-state index is -1.16. The number of rotatable bonds is 9. The zero-order valence-electron chi connectivity index (χ0n) is 18.5. The van der Waals surface area contributed by atoms with Gasteiger partial charge >= 0.3 is 0 Å². The van der Waals surface area contributed by atoms with Crippen molar-refractivity contribution in [3.8, 4) is 11.1 Å². The minimum absolute atomic E-state index is 0.0457. The normalized spacial score (nSPS) is 23.0. The molecule has 3 N–H and O–H groups in total. The van der Waals surface area contributed by atoms with Gasteiger partial charge in [0, 0.05) is 37.8 Å². The van der Waals surface area contributed by atoms with Crippen LogP contribution in [0, 0.1) is 0 Å². The largest absolute Gasteiger partial charge is 0.386 e. The number of benzene rings is 1. The topological polar surface area (TPSA) is 94.9 Å². The molecule has 0 radical (unpaired) electrons. The molecule has 1 aromatic carbocycles. The number of hydrogen-bond acceptors (Lipinski definition) is 6. The van der Waals surface area contributed by atoms with E-state index in [-0.39, 0.29) is 24.5 Å². The lowest BCUT2D eigenvalue weighted by Crippen LogP contribution is -2.45. The van der Waals surface area contributed by atoms with Gasteiger partial charge < -0.3 is 25.2 Å². The highest BCUT2D eigenvalue weighted by atomic mass is 19.1. The first-order chi connectivity index (χ1) is 15.4. The molecule has 7 nitrogen and oxygen atoms in total. The molecule has 1 fully saturated rings. The molecular weight excluding hydrogens is 413 g/mol. The summed E-state index contributed by atoms with van der Waals surface area (Å²) < 4.78 is 19.0. The number of pyridine rings is 1. The molecule has 0 unspecified atom stereocenters. The fourth-order valence-corrected chi connectivity index (χ4v) is 4.03. The van der Waals surface area contributed by atoms with Crippen molar-refractivity contribution in [1.29, 1.82) is 0 Å². The molecule has 0 bridgehead atoms. The van der Waals surface area contributed by atoms with Crippen molar-refractivity contribution in [3.63, 3.8) is 0 Å². The molecule has 174 valence electrons. The van der Waals surface area contributed by atoms with E-state index in [1.165, 1.54) is 0 Å². The average Bonchev–Trinajstić information content (AvgIpc) is 2.80. The molecule has 2 aromatic rings. The summed E-state index contributed by atoms with van der Waals surface area (Å²) in [5, 5.41) is 23.0. The van der Waals surface area contributed by atoms with E-state index in [2.05, 4.69) is 10.3 Å². The highest BCUT2D eigenvalue weighted by Crippen LogP contribution is 2.24. The summed E-state index contributed by atoms with van der Waals surface area (Å²) in [6.07, 6.45) is 2.87. The predicted molar refractivity (Wildman–Crippen MR) is 119 cm³/mol. The van der Waals surface area contributed by atoms with E-state index in [1.54, 1.807) is 24.5 Å². The second-order valence-corrected chi connectivity index (χ2v) is 8.39. The first kappa shape index (κ1) is 24.3. The van der Waals surface area contributed by atoms with E-state index in [9.17, 15) is 19.4 Å². The summed E-state index contributed by atoms with van der Waals surface area (Å²) in [5.41, 5.74) is 2.41. The van der Waals surface area contributed by atoms with Crippen LogP contribution >= 0.6 is 0 Å². The number of hydrogen-bond donors (Lipinski definition) is 3. The van der Waals surface area contributed by atoms with Crippen molar-refractivity contribution in [1.82, 2.24) is 15.2 Å². The van der Waals surface area contributed by atoms with Gasteiger partial charge in [-0.3, -0.25) is 9.78 Å². The third-order valence-corrected chi connectivity index (χ3v) is 5.92. The number of carbonyl (C=O) groups is 1. The maximum atomic E-state index is 13.6. The standard InChI is InChI=1S/C24H32FN3O4/c1-16-12-20(13-23(30)32-16)28(2)11-9-22(29)27-21(14-25)24(31)18-7-5-17(6-8-18)19-4-3-10-26-15-19/h3-8,10,15-16,20-21,23-24,30-31H,9,11-14H2,1-2H3,(H,27,29)/t16-,20+,21-,23-,24-/m1/s1. The summed E-state index contributed by atoms with van der Waals surface area (Å²) in [6.45, 7) is 1.49. The molecular formula is C24H32FN3O4. The first-order valence-corrected chi connectivity index (χ1v) is 10.9. The molecule has 1 amide bonds. The van der Waals surface area contributed by atoms with Crippen molar-refractivity contribution in [3.05, 3.63) is 54.4 Å². The third kappa shape index (κ3) is 6.56. The highest BCUT2D eigenvalue weighted by Gasteiger charge is 2.29. The fourth-order valence-electron chi connectivity index (χ4n) is 4.03. The Bertz CT molecular complexity index is 842. The Balaban J connectivity index is 1.52. The van der Waals surface area contributed by atoms with Gasteiger partial charge in [-0.2, -0.15) is 0 Å². The number of carbonyl (C=O) groups excluding carboxylic acids is 1. The van der Waals surface area contributed by atoms with Crippen LogP contribution in [-0.2, 0) is 9.53 Å². The van der Waals surface area contributed by atoms with E-state index in [0.29, 0.717) is 18.5 Å². The zero-order chi connectivity index (χ0) is 23.1. The van der Waals surface area contributed by atoms with Crippen LogP contribution in [0.3, 0.4) is 0 Å². The van der Waals surface area contributed by atoms with E-state index in [0.717, 1.165) is 17.5 Å². The number of aromatic nitrogens is 1. The summed E-state index contributed by atoms with van der Waals surface area (Å²) in [7, 11) is 1.90. The van der Waals surface area contributed by atoms with Crippen LogP contribution in [0.25, 0.3) is 11.1 Å². The number of aliphatic hydroxyl groups excluding tert-OH is 2. The summed E-state index contributed by atoms with van der Waals surface area (Å²) in [6, 6.07) is 10.00. The van der Waals surface area contributed by atoms with E-state index in [4.69, 9.17) is 4.74 Å². The highest BCUT2D eigenvalue weighted by molar-refractivity contribution is 5.76. The van der Waals surface area contributed by atoms with Crippen LogP contribution in [0.4, 0.5) is 4.39 Å². The Hall–Kier alpha value is -2.39. The number of alkyl halides is 1. The van der Waals surface area contributed by atoms with Gasteiger partial charge in [0.25, 0.3) is 0 Å². The SMILES string of the molecule is C[C@@H]1C[C@H](N(C)CCC(=O)N[C@H](CF)[C@H](O)c2ccc(-c3cccnc3)cc2)C[C@H](O)O1. The minimum Gasteiger partial charge on any atom is -0.386 e. The maximum absolute atomic E-state index is 13.6. The van der Waals surface area contributed by atoms with E-state index in [1.807, 2.05) is 43.1 Å². The fraction of sp³-hybridized carbons (Fsp3) is 0.500. The molecule has 1 aliphatic heterocycles. The molecule has 0 aliphatic carbocycles. The van der Waals surface area contributed by atoms with Crippen LogP contribution < -0.4 is 5.32 Å². The molecule has 1 saturated heterocycles. The Morgan fingerprint density at radius 1 is 1.28 bits per heavy atom. The van der Waals surface area contributed by atoms with Crippen LogP contribution in [0.1, 0.15) is 37.9 Å². The van der Waals surface area contributed by atoms with Gasteiger partial charge in [0.1, 0.15) is 12.8 Å². The number of ether oxygens (including phenoxy) is 1. The summed E-state index contributed by atoms with van der Waals surface area (Å²) in [5.74, 6) is -0.328. The van der Waals surface area contributed by atoms with Crippen molar-refractivity contribution in [2.75, 3.05) is 20.3 Å². The van der Waals surface area contributed by atoms with Gasteiger partial charge in [-0.05, 0) is 43.1 Å². The lowest BCUT2D eigenvalue weighted by atomic mass is 9.99. The average molecular weight is 446 g/mol. The van der Waals surface area contributed by atoms with Gasteiger partial charge in [-0.25, -0.2) is 4.39 Å². The molecule has 3 rings (SSSR count). The van der Waals surface area contributed by atoms with Crippen molar-refractivity contribution >= 4 is 5.91 Å². The van der Waals surface area contributed by atoms with Crippen molar-refractivity contribution in [2.24, 2.45) is 0 Å². The van der Waals surface area contributed by atoms with Gasteiger partial charge in [0.2, 0.25) is 5.91 Å². The Labute approximate surface area is 188 Å². The summed E-state index contributed by atoms with van der Waals surface area (Å²) >= 11 is 0. The van der Waals surface area contributed by atoms with Crippen LogP contribution in [-0.4, -0.2) is 70.7 Å². The molecule has 1 aromatic heterocycles. The number of nitrogens with one attached hydrogen (secondary N) is 1. The Morgan fingerprint density at radius 2 is 2.03 bits per heavy atom. The quantitative estimate of drug-likeness (QED) is 0.549. The number of halogens is 1. The molecule has 32 heavy (non-hydrogen) atoms. The summed E-state index contributed by atoms with van der Waals surface area (Å²) in [4.78, 5) is 18.5. The van der Waals surface area contributed by atoms with Gasteiger partial charge in [-0.15, -0.1) is 0 Å². The molecule has 2 heterocycles. The first-order valence-electron chi connectivity index (χ1n) is 10.9. The van der Waals surface area contributed by atoms with Gasteiger partial charge in [-0.1, -0.05) is 30.3 Å². The number of aliphatic hydroxyl groups is 2.